The third-order valence-electron chi connectivity index (χ3n) is 2.85. The third-order valence-corrected chi connectivity index (χ3v) is 5.95. The predicted molar refractivity (Wildman–Crippen MR) is 86.5 cm³/mol. The van der Waals surface area contributed by atoms with Crippen molar-refractivity contribution in [3.05, 3.63) is 41.7 Å². The number of hydrogen-bond donors (Lipinski definition) is 0. The number of benzene rings is 1. The van der Waals surface area contributed by atoms with Gasteiger partial charge in [-0.15, -0.1) is 0 Å². The highest BCUT2D eigenvalue weighted by molar-refractivity contribution is 6.58. The SMILES string of the molecule is Cc1cccc(C=CO[Si](C(C)(C)C)C(C)(C)C)c1. The zero-order valence-corrected chi connectivity index (χ0v) is 14.4. The highest BCUT2D eigenvalue weighted by Crippen LogP contribution is 2.42. The molecule has 0 unspecified atom stereocenters. The van der Waals surface area contributed by atoms with E-state index in [1.165, 1.54) is 11.1 Å². The molecule has 0 spiro atoms. The maximum atomic E-state index is 6.14. The van der Waals surface area contributed by atoms with Gasteiger partial charge < -0.3 is 4.43 Å². The average Bonchev–Trinajstić information content (AvgIpc) is 2.21. The Morgan fingerprint density at radius 2 is 1.58 bits per heavy atom. The van der Waals surface area contributed by atoms with Gasteiger partial charge in [0.2, 0.25) is 0 Å². The van der Waals surface area contributed by atoms with Gasteiger partial charge >= 0.3 is 0 Å². The van der Waals surface area contributed by atoms with Gasteiger partial charge in [0.1, 0.15) is 0 Å². The molecule has 1 radical (unpaired) electrons. The van der Waals surface area contributed by atoms with E-state index in [9.17, 15) is 0 Å². The second-order valence-corrected chi connectivity index (χ2v) is 11.1. The molecule has 0 aromatic heterocycles. The average molecular weight is 275 g/mol. The Bertz CT molecular complexity index is 421. The topological polar surface area (TPSA) is 9.23 Å². The summed E-state index contributed by atoms with van der Waals surface area (Å²) in [6, 6.07) is 8.46. The highest BCUT2D eigenvalue weighted by atomic mass is 28.3. The van der Waals surface area contributed by atoms with Crippen LogP contribution in [0.3, 0.4) is 0 Å². The minimum Gasteiger partial charge on any atom is -0.546 e. The van der Waals surface area contributed by atoms with Crippen LogP contribution in [0.5, 0.6) is 0 Å². The van der Waals surface area contributed by atoms with E-state index in [4.69, 9.17) is 4.43 Å². The van der Waals surface area contributed by atoms with Crippen LogP contribution in [0.4, 0.5) is 0 Å². The molecule has 0 bridgehead atoms. The van der Waals surface area contributed by atoms with Crippen LogP contribution in [0.1, 0.15) is 52.7 Å². The van der Waals surface area contributed by atoms with Gasteiger partial charge in [0, 0.05) is 0 Å². The fourth-order valence-corrected chi connectivity index (χ4v) is 5.59. The molecule has 0 saturated heterocycles. The molecule has 0 amide bonds. The van der Waals surface area contributed by atoms with E-state index in [0.29, 0.717) is 0 Å². The van der Waals surface area contributed by atoms with Crippen molar-refractivity contribution in [3.8, 4) is 0 Å². The standard InChI is InChI=1S/C17H27OSi/c1-14-9-8-10-15(13-14)11-12-18-19(16(2,3)4)17(5,6)7/h8-13H,1-7H3. The molecule has 2 heteroatoms. The molecule has 0 saturated carbocycles. The van der Waals surface area contributed by atoms with Crippen LogP contribution < -0.4 is 0 Å². The fraction of sp³-hybridized carbons (Fsp3) is 0.529. The minimum absolute atomic E-state index is 0.222. The van der Waals surface area contributed by atoms with E-state index in [-0.39, 0.29) is 10.1 Å². The molecular formula is C17H27OSi. The smallest absolute Gasteiger partial charge is 0.291 e. The lowest BCUT2D eigenvalue weighted by molar-refractivity contribution is 0.412. The van der Waals surface area contributed by atoms with E-state index in [1.54, 1.807) is 0 Å². The normalized spacial score (nSPS) is 13.3. The highest BCUT2D eigenvalue weighted by Gasteiger charge is 2.40. The summed E-state index contributed by atoms with van der Waals surface area (Å²) in [5, 5.41) is 0.444. The van der Waals surface area contributed by atoms with E-state index in [1.807, 2.05) is 6.26 Å². The number of hydrogen-bond acceptors (Lipinski definition) is 1. The summed E-state index contributed by atoms with van der Waals surface area (Å²) >= 11 is 0. The largest absolute Gasteiger partial charge is 0.546 e. The van der Waals surface area contributed by atoms with Gasteiger partial charge in [-0.05, 0) is 28.6 Å². The van der Waals surface area contributed by atoms with Crippen molar-refractivity contribution in [2.24, 2.45) is 0 Å². The Labute approximate surface area is 120 Å². The van der Waals surface area contributed by atoms with E-state index in [0.717, 1.165) is 0 Å². The Morgan fingerprint density at radius 1 is 1.00 bits per heavy atom. The first-order valence-electron chi connectivity index (χ1n) is 6.88. The lowest BCUT2D eigenvalue weighted by atomic mass is 10.1. The maximum Gasteiger partial charge on any atom is 0.291 e. The predicted octanol–water partition coefficient (Wildman–Crippen LogP) is 5.57. The third kappa shape index (κ3) is 5.23. The first kappa shape index (κ1) is 16.0. The lowest BCUT2D eigenvalue weighted by Crippen LogP contribution is -2.36. The monoisotopic (exact) mass is 275 g/mol. The first-order valence-corrected chi connectivity index (χ1v) is 8.29. The van der Waals surface area contributed by atoms with Crippen LogP contribution in [0, 0.1) is 6.92 Å². The van der Waals surface area contributed by atoms with Crippen LogP contribution in [-0.4, -0.2) is 9.04 Å². The van der Waals surface area contributed by atoms with Crippen molar-refractivity contribution < 1.29 is 4.43 Å². The second-order valence-electron chi connectivity index (χ2n) is 7.16. The van der Waals surface area contributed by atoms with Crippen molar-refractivity contribution in [3.63, 3.8) is 0 Å². The van der Waals surface area contributed by atoms with E-state index < -0.39 is 9.04 Å². The molecular weight excluding hydrogens is 248 g/mol. The number of rotatable bonds is 3. The molecule has 0 aliphatic carbocycles. The lowest BCUT2D eigenvalue weighted by Gasteiger charge is -2.36. The minimum atomic E-state index is -0.942. The summed E-state index contributed by atoms with van der Waals surface area (Å²) in [5.74, 6) is 0. The molecule has 0 atom stereocenters. The van der Waals surface area contributed by atoms with Crippen LogP contribution in [0.2, 0.25) is 10.1 Å². The van der Waals surface area contributed by atoms with Gasteiger partial charge in [0.05, 0.1) is 6.26 Å². The zero-order valence-electron chi connectivity index (χ0n) is 13.4. The molecule has 0 fully saturated rings. The number of aryl methyl sites for hydroxylation is 1. The molecule has 0 aliphatic rings. The molecule has 0 heterocycles. The molecule has 1 nitrogen and oxygen atoms in total. The van der Waals surface area contributed by atoms with E-state index >= 15 is 0 Å². The fourth-order valence-electron chi connectivity index (χ4n) is 2.43. The molecule has 1 aromatic rings. The van der Waals surface area contributed by atoms with Gasteiger partial charge in [-0.1, -0.05) is 71.4 Å². The van der Waals surface area contributed by atoms with Gasteiger partial charge in [-0.25, -0.2) is 0 Å². The maximum absolute atomic E-state index is 6.14. The molecule has 0 N–H and O–H groups in total. The summed E-state index contributed by atoms with van der Waals surface area (Å²) in [6.07, 6.45) is 3.95. The summed E-state index contributed by atoms with van der Waals surface area (Å²) in [4.78, 5) is 0. The summed E-state index contributed by atoms with van der Waals surface area (Å²) in [6.45, 7) is 15.7. The van der Waals surface area contributed by atoms with Crippen molar-refractivity contribution in [1.29, 1.82) is 0 Å². The van der Waals surface area contributed by atoms with Crippen LogP contribution in [0.25, 0.3) is 6.08 Å². The van der Waals surface area contributed by atoms with Gasteiger partial charge in [0.15, 0.2) is 0 Å². The summed E-state index contributed by atoms with van der Waals surface area (Å²) in [5.41, 5.74) is 2.48. The molecule has 105 valence electrons. The van der Waals surface area contributed by atoms with Crippen LogP contribution in [-0.2, 0) is 4.43 Å². The van der Waals surface area contributed by atoms with Crippen LogP contribution in [0.15, 0.2) is 30.5 Å². The van der Waals surface area contributed by atoms with Crippen molar-refractivity contribution >= 4 is 15.1 Å². The van der Waals surface area contributed by atoms with Gasteiger partial charge in [-0.3, -0.25) is 0 Å². The second kappa shape index (κ2) is 5.95. The van der Waals surface area contributed by atoms with Crippen molar-refractivity contribution in [2.75, 3.05) is 0 Å². The Morgan fingerprint density at radius 3 is 2.05 bits per heavy atom. The summed E-state index contributed by atoms with van der Waals surface area (Å²) < 4.78 is 6.14. The molecule has 1 rings (SSSR count). The van der Waals surface area contributed by atoms with E-state index in [2.05, 4.69) is 78.8 Å². The molecule has 0 aliphatic heterocycles. The Kier molecular flexibility index (Phi) is 5.02. The van der Waals surface area contributed by atoms with Crippen LogP contribution >= 0.6 is 0 Å². The van der Waals surface area contributed by atoms with Gasteiger partial charge in [-0.2, -0.15) is 0 Å². The Hall–Kier alpha value is -1.02. The molecule has 1 aromatic carbocycles. The summed E-state index contributed by atoms with van der Waals surface area (Å²) in [7, 11) is -0.942. The van der Waals surface area contributed by atoms with Crippen molar-refractivity contribution in [2.45, 2.75) is 58.5 Å². The van der Waals surface area contributed by atoms with Crippen molar-refractivity contribution in [1.82, 2.24) is 0 Å². The first-order chi connectivity index (χ1) is 8.60. The zero-order chi connectivity index (χ0) is 14.7. The quantitative estimate of drug-likeness (QED) is 0.517. The molecule has 19 heavy (non-hydrogen) atoms. The van der Waals surface area contributed by atoms with Gasteiger partial charge in [0.25, 0.3) is 9.04 Å². The Balaban J connectivity index is 2.78.